The van der Waals surface area contributed by atoms with Crippen LogP contribution in [0.25, 0.3) is 0 Å². The summed E-state index contributed by atoms with van der Waals surface area (Å²) in [7, 11) is 1.81. The molecule has 1 amide bonds. The predicted molar refractivity (Wildman–Crippen MR) is 70.6 cm³/mol. The van der Waals surface area contributed by atoms with E-state index in [1.807, 2.05) is 7.05 Å². The summed E-state index contributed by atoms with van der Waals surface area (Å²) in [6, 6.07) is 0. The van der Waals surface area contributed by atoms with Crippen LogP contribution in [0.15, 0.2) is 6.33 Å². The smallest absolute Gasteiger partial charge is 0.303 e. The van der Waals surface area contributed by atoms with Gasteiger partial charge in [0.1, 0.15) is 6.33 Å². The second-order valence-corrected chi connectivity index (χ2v) is 5.59. The van der Waals surface area contributed by atoms with Crippen molar-refractivity contribution in [2.45, 2.75) is 45.1 Å². The summed E-state index contributed by atoms with van der Waals surface area (Å²) in [5.41, 5.74) is -0.365. The second-order valence-electron chi connectivity index (χ2n) is 5.59. The molecular formula is C13H20N4O3. The van der Waals surface area contributed by atoms with Gasteiger partial charge in [-0.15, -0.1) is 10.2 Å². The first-order valence-electron chi connectivity index (χ1n) is 6.82. The Labute approximate surface area is 117 Å². The average Bonchev–Trinajstić information content (AvgIpc) is 2.96. The lowest BCUT2D eigenvalue weighted by atomic mass is 9.79. The van der Waals surface area contributed by atoms with Gasteiger partial charge in [0.05, 0.1) is 13.0 Å². The van der Waals surface area contributed by atoms with E-state index < -0.39 is 5.97 Å². The number of rotatable bonds is 6. The molecule has 0 unspecified atom stereocenters. The SMILES string of the molecule is Cn1cnnc1CNC(=O)CC1(CC(=O)O)CCCC1. The Morgan fingerprint density at radius 1 is 1.40 bits per heavy atom. The Morgan fingerprint density at radius 3 is 2.65 bits per heavy atom. The molecule has 1 aliphatic rings. The Hall–Kier alpha value is -1.92. The molecule has 1 aliphatic carbocycles. The van der Waals surface area contributed by atoms with E-state index in [0.29, 0.717) is 12.4 Å². The van der Waals surface area contributed by atoms with Crippen molar-refractivity contribution in [3.8, 4) is 0 Å². The zero-order valence-electron chi connectivity index (χ0n) is 11.6. The molecule has 1 heterocycles. The Bertz CT molecular complexity index is 492. The van der Waals surface area contributed by atoms with Crippen LogP contribution in [-0.2, 0) is 23.2 Å². The summed E-state index contributed by atoms with van der Waals surface area (Å²) in [6.45, 7) is 0.318. The summed E-state index contributed by atoms with van der Waals surface area (Å²) in [5.74, 6) is -0.263. The number of carbonyl (C=O) groups excluding carboxylic acids is 1. The standard InChI is InChI=1S/C13H20N4O3/c1-17-9-15-16-10(17)8-14-11(18)6-13(7-12(19)20)4-2-3-5-13/h9H,2-8H2,1H3,(H,14,18)(H,19,20). The van der Waals surface area contributed by atoms with E-state index >= 15 is 0 Å². The largest absolute Gasteiger partial charge is 0.481 e. The molecule has 20 heavy (non-hydrogen) atoms. The Balaban J connectivity index is 1.89. The molecule has 1 aromatic heterocycles. The van der Waals surface area contributed by atoms with Gasteiger partial charge in [-0.05, 0) is 18.3 Å². The fourth-order valence-corrected chi connectivity index (χ4v) is 2.91. The van der Waals surface area contributed by atoms with Gasteiger partial charge in [-0.2, -0.15) is 0 Å². The van der Waals surface area contributed by atoms with Gasteiger partial charge >= 0.3 is 5.97 Å². The van der Waals surface area contributed by atoms with Crippen LogP contribution >= 0.6 is 0 Å². The number of hydrogen-bond acceptors (Lipinski definition) is 4. The van der Waals surface area contributed by atoms with E-state index in [2.05, 4.69) is 15.5 Å². The maximum Gasteiger partial charge on any atom is 0.303 e. The van der Waals surface area contributed by atoms with Crippen LogP contribution in [0.5, 0.6) is 0 Å². The van der Waals surface area contributed by atoms with E-state index in [0.717, 1.165) is 25.7 Å². The average molecular weight is 280 g/mol. The number of aryl methyl sites for hydroxylation is 1. The molecule has 110 valence electrons. The van der Waals surface area contributed by atoms with Gasteiger partial charge in [0.2, 0.25) is 5.91 Å². The maximum absolute atomic E-state index is 12.0. The van der Waals surface area contributed by atoms with Crippen molar-refractivity contribution in [1.82, 2.24) is 20.1 Å². The van der Waals surface area contributed by atoms with Crippen molar-refractivity contribution in [2.24, 2.45) is 12.5 Å². The number of carboxylic acids is 1. The molecule has 1 saturated carbocycles. The molecule has 0 aromatic carbocycles. The number of aromatic nitrogens is 3. The fourth-order valence-electron chi connectivity index (χ4n) is 2.91. The van der Waals surface area contributed by atoms with Crippen molar-refractivity contribution in [3.63, 3.8) is 0 Å². The van der Waals surface area contributed by atoms with Gasteiger partial charge in [-0.1, -0.05) is 12.8 Å². The zero-order valence-corrected chi connectivity index (χ0v) is 11.6. The van der Waals surface area contributed by atoms with Crippen LogP contribution in [0.4, 0.5) is 0 Å². The van der Waals surface area contributed by atoms with Crippen LogP contribution in [0.2, 0.25) is 0 Å². The highest BCUT2D eigenvalue weighted by Crippen LogP contribution is 2.43. The van der Waals surface area contributed by atoms with Crippen LogP contribution < -0.4 is 5.32 Å². The molecule has 1 fully saturated rings. The highest BCUT2D eigenvalue weighted by atomic mass is 16.4. The van der Waals surface area contributed by atoms with E-state index in [1.54, 1.807) is 10.9 Å². The summed E-state index contributed by atoms with van der Waals surface area (Å²) >= 11 is 0. The Morgan fingerprint density at radius 2 is 2.10 bits per heavy atom. The van der Waals surface area contributed by atoms with Gasteiger partial charge in [0, 0.05) is 13.5 Å². The number of carbonyl (C=O) groups is 2. The molecule has 7 nitrogen and oxygen atoms in total. The predicted octanol–water partition coefficient (Wildman–Crippen LogP) is 0.856. The van der Waals surface area contributed by atoms with E-state index in [-0.39, 0.29) is 24.2 Å². The molecule has 7 heteroatoms. The lowest BCUT2D eigenvalue weighted by molar-refractivity contribution is -0.140. The Kier molecular flexibility index (Phi) is 4.36. The molecular weight excluding hydrogens is 260 g/mol. The summed E-state index contributed by atoms with van der Waals surface area (Å²) < 4.78 is 1.74. The molecule has 1 aromatic rings. The van der Waals surface area contributed by atoms with E-state index in [9.17, 15) is 9.59 Å². The van der Waals surface area contributed by atoms with Gasteiger partial charge in [-0.25, -0.2) is 0 Å². The van der Waals surface area contributed by atoms with Gasteiger partial charge in [0.15, 0.2) is 5.82 Å². The summed E-state index contributed by atoms with van der Waals surface area (Å²) in [5, 5.41) is 19.4. The van der Waals surface area contributed by atoms with E-state index in [4.69, 9.17) is 5.11 Å². The number of nitrogens with zero attached hydrogens (tertiary/aromatic N) is 3. The van der Waals surface area contributed by atoms with Gasteiger partial charge in [0.25, 0.3) is 0 Å². The van der Waals surface area contributed by atoms with Crippen LogP contribution in [0.3, 0.4) is 0 Å². The van der Waals surface area contributed by atoms with E-state index in [1.165, 1.54) is 0 Å². The lowest BCUT2D eigenvalue weighted by Gasteiger charge is -2.26. The summed E-state index contributed by atoms with van der Waals surface area (Å²) in [6.07, 6.45) is 5.56. The third-order valence-corrected chi connectivity index (χ3v) is 3.97. The number of aliphatic carboxylic acids is 1. The van der Waals surface area contributed by atoms with Gasteiger partial charge < -0.3 is 15.0 Å². The number of amides is 1. The molecule has 0 radical (unpaired) electrons. The molecule has 0 aliphatic heterocycles. The first-order chi connectivity index (χ1) is 9.51. The highest BCUT2D eigenvalue weighted by Gasteiger charge is 2.37. The number of nitrogens with one attached hydrogen (secondary N) is 1. The molecule has 2 rings (SSSR count). The topological polar surface area (TPSA) is 97.1 Å². The highest BCUT2D eigenvalue weighted by molar-refractivity contribution is 5.78. The zero-order chi connectivity index (χ0) is 14.6. The van der Waals surface area contributed by atoms with Crippen LogP contribution in [0, 0.1) is 5.41 Å². The molecule has 0 atom stereocenters. The van der Waals surface area contributed by atoms with Crippen LogP contribution in [0.1, 0.15) is 44.3 Å². The van der Waals surface area contributed by atoms with Crippen LogP contribution in [-0.4, -0.2) is 31.7 Å². The minimum Gasteiger partial charge on any atom is -0.481 e. The third kappa shape index (κ3) is 3.55. The first kappa shape index (κ1) is 14.5. The quantitative estimate of drug-likeness (QED) is 0.805. The second kappa shape index (κ2) is 6.02. The lowest BCUT2D eigenvalue weighted by Crippen LogP contribution is -2.32. The monoisotopic (exact) mass is 280 g/mol. The van der Waals surface area contributed by atoms with Crippen molar-refractivity contribution >= 4 is 11.9 Å². The molecule has 0 saturated heterocycles. The third-order valence-electron chi connectivity index (χ3n) is 3.97. The van der Waals surface area contributed by atoms with Crippen molar-refractivity contribution in [1.29, 1.82) is 0 Å². The molecule has 0 spiro atoms. The minimum absolute atomic E-state index is 0.0738. The summed E-state index contributed by atoms with van der Waals surface area (Å²) in [4.78, 5) is 23.0. The minimum atomic E-state index is -0.826. The van der Waals surface area contributed by atoms with Gasteiger partial charge in [-0.3, -0.25) is 9.59 Å². The normalized spacial score (nSPS) is 17.1. The van der Waals surface area contributed by atoms with Crippen molar-refractivity contribution in [3.05, 3.63) is 12.2 Å². The number of carboxylic acid groups (broad SMARTS) is 1. The number of hydrogen-bond donors (Lipinski definition) is 2. The maximum atomic E-state index is 12.0. The van der Waals surface area contributed by atoms with Crippen molar-refractivity contribution in [2.75, 3.05) is 0 Å². The fraction of sp³-hybridized carbons (Fsp3) is 0.692. The van der Waals surface area contributed by atoms with Crippen molar-refractivity contribution < 1.29 is 14.7 Å². The first-order valence-corrected chi connectivity index (χ1v) is 6.82. The molecule has 2 N–H and O–H groups in total. The molecule has 0 bridgehead atoms.